The third-order valence-electron chi connectivity index (χ3n) is 5.69. The molecule has 2 aliphatic rings. The number of halogens is 1. The first-order valence-corrected chi connectivity index (χ1v) is 10.4. The van der Waals surface area contributed by atoms with Gasteiger partial charge in [-0.25, -0.2) is 4.39 Å². The van der Waals surface area contributed by atoms with Gasteiger partial charge in [0.15, 0.2) is 11.6 Å². The minimum absolute atomic E-state index is 0.0399. The van der Waals surface area contributed by atoms with Crippen LogP contribution in [0.4, 0.5) is 10.1 Å². The number of nitrogens with one attached hydrogen (secondary N) is 1. The van der Waals surface area contributed by atoms with Gasteiger partial charge in [-0.3, -0.25) is 0 Å². The maximum atomic E-state index is 14.3. The molecule has 3 atom stereocenters. The van der Waals surface area contributed by atoms with Crippen molar-refractivity contribution in [3.05, 3.63) is 58.9 Å². The molecule has 2 aliphatic heterocycles. The van der Waals surface area contributed by atoms with Crippen LogP contribution in [0.2, 0.25) is 0 Å². The second-order valence-corrected chi connectivity index (χ2v) is 7.61. The van der Waals surface area contributed by atoms with E-state index in [1.807, 2.05) is 19.9 Å². The lowest BCUT2D eigenvalue weighted by molar-refractivity contribution is -0.0382. The predicted octanol–water partition coefficient (Wildman–Crippen LogP) is 6.62. The smallest absolute Gasteiger partial charge is 0.165 e. The number of benzene rings is 2. The molecule has 0 bridgehead atoms. The Morgan fingerprint density at radius 3 is 2.61 bits per heavy atom. The van der Waals surface area contributed by atoms with E-state index in [4.69, 9.17) is 9.47 Å². The molecule has 152 valence electrons. The standard InChI is InChI=1S/C22H26FNO2.C2H6/c1-13(2)14-6-8-19-17(11-14)22-16(5-4-10-26-22)21(24-19)15-7-9-20(25-3)18(23)12-15;1-2/h6-9,11-13,16,21-22,24H,4-5,10H2,1-3H3;1-2H3/t16?,21-,22?;/m0./s1. The molecule has 1 N–H and O–H groups in total. The van der Waals surface area contributed by atoms with E-state index in [0.29, 0.717) is 11.8 Å². The van der Waals surface area contributed by atoms with E-state index >= 15 is 0 Å². The van der Waals surface area contributed by atoms with Crippen molar-refractivity contribution in [1.29, 1.82) is 0 Å². The summed E-state index contributed by atoms with van der Waals surface area (Å²) in [5.74, 6) is 0.742. The summed E-state index contributed by atoms with van der Waals surface area (Å²) in [6, 6.07) is 11.9. The van der Waals surface area contributed by atoms with Crippen LogP contribution in [0.25, 0.3) is 0 Å². The van der Waals surface area contributed by atoms with Gasteiger partial charge in [0, 0.05) is 23.8 Å². The van der Waals surface area contributed by atoms with Gasteiger partial charge >= 0.3 is 0 Å². The van der Waals surface area contributed by atoms with Gasteiger partial charge in [0.2, 0.25) is 0 Å². The zero-order valence-electron chi connectivity index (χ0n) is 17.6. The molecule has 0 amide bonds. The second kappa shape index (κ2) is 8.95. The van der Waals surface area contributed by atoms with Crippen LogP contribution in [0, 0.1) is 11.7 Å². The van der Waals surface area contributed by atoms with E-state index in [1.165, 1.54) is 18.2 Å². The Balaban J connectivity index is 0.00000109. The Morgan fingerprint density at radius 1 is 1.14 bits per heavy atom. The highest BCUT2D eigenvalue weighted by Crippen LogP contribution is 2.49. The highest BCUT2D eigenvalue weighted by Gasteiger charge is 2.40. The number of ether oxygens (including phenoxy) is 2. The van der Waals surface area contributed by atoms with Gasteiger partial charge in [0.05, 0.1) is 19.3 Å². The molecule has 1 saturated heterocycles. The monoisotopic (exact) mass is 385 g/mol. The minimum atomic E-state index is -0.318. The lowest BCUT2D eigenvalue weighted by Crippen LogP contribution is -2.36. The van der Waals surface area contributed by atoms with Gasteiger partial charge in [-0.1, -0.05) is 45.9 Å². The first-order chi connectivity index (χ1) is 13.6. The average molecular weight is 386 g/mol. The quantitative estimate of drug-likeness (QED) is 0.644. The van der Waals surface area contributed by atoms with Crippen LogP contribution in [-0.4, -0.2) is 13.7 Å². The molecule has 0 aliphatic carbocycles. The van der Waals surface area contributed by atoms with Crippen molar-refractivity contribution in [2.75, 3.05) is 19.0 Å². The molecule has 0 aromatic heterocycles. The summed E-state index contributed by atoms with van der Waals surface area (Å²) >= 11 is 0. The van der Waals surface area contributed by atoms with Gasteiger partial charge < -0.3 is 14.8 Å². The van der Waals surface area contributed by atoms with Crippen LogP contribution in [0.5, 0.6) is 5.75 Å². The van der Waals surface area contributed by atoms with Gasteiger partial charge in [-0.05, 0) is 48.1 Å². The molecule has 2 aromatic rings. The molecule has 2 heterocycles. The number of anilines is 1. The summed E-state index contributed by atoms with van der Waals surface area (Å²) in [6.07, 6.45) is 2.17. The topological polar surface area (TPSA) is 30.5 Å². The van der Waals surface area contributed by atoms with Gasteiger partial charge in [0.1, 0.15) is 0 Å². The van der Waals surface area contributed by atoms with Gasteiger partial charge in [0.25, 0.3) is 0 Å². The van der Waals surface area contributed by atoms with Gasteiger partial charge in [-0.15, -0.1) is 0 Å². The molecule has 3 nitrogen and oxygen atoms in total. The molecule has 0 spiro atoms. The Hall–Kier alpha value is -2.07. The summed E-state index contributed by atoms with van der Waals surface area (Å²) in [4.78, 5) is 0. The van der Waals surface area contributed by atoms with Crippen LogP contribution < -0.4 is 10.1 Å². The summed E-state index contributed by atoms with van der Waals surface area (Å²) < 4.78 is 25.6. The van der Waals surface area contributed by atoms with Crippen molar-refractivity contribution >= 4 is 5.69 Å². The zero-order valence-corrected chi connectivity index (χ0v) is 17.6. The average Bonchev–Trinajstić information content (AvgIpc) is 2.74. The molecular weight excluding hydrogens is 353 g/mol. The highest BCUT2D eigenvalue weighted by atomic mass is 19.1. The molecule has 2 aromatic carbocycles. The summed E-state index contributed by atoms with van der Waals surface area (Å²) in [5, 5.41) is 3.66. The predicted molar refractivity (Wildman–Crippen MR) is 113 cm³/mol. The highest BCUT2D eigenvalue weighted by molar-refractivity contribution is 5.58. The molecular formula is C24H32FNO2. The van der Waals surface area contributed by atoms with Crippen molar-refractivity contribution in [1.82, 2.24) is 0 Å². The fraction of sp³-hybridized carbons (Fsp3) is 0.500. The Labute approximate surface area is 168 Å². The number of hydrogen-bond acceptors (Lipinski definition) is 3. The van der Waals surface area contributed by atoms with E-state index in [9.17, 15) is 4.39 Å². The van der Waals surface area contributed by atoms with Crippen LogP contribution in [0.3, 0.4) is 0 Å². The van der Waals surface area contributed by atoms with Crippen molar-refractivity contribution < 1.29 is 13.9 Å². The molecule has 2 unspecified atom stereocenters. The van der Waals surface area contributed by atoms with E-state index < -0.39 is 0 Å². The van der Waals surface area contributed by atoms with Crippen LogP contribution in [-0.2, 0) is 4.74 Å². The largest absolute Gasteiger partial charge is 0.494 e. The third kappa shape index (κ3) is 3.88. The van der Waals surface area contributed by atoms with Crippen molar-refractivity contribution in [3.8, 4) is 5.75 Å². The van der Waals surface area contributed by atoms with E-state index in [2.05, 4.69) is 37.4 Å². The van der Waals surface area contributed by atoms with Crippen LogP contribution >= 0.6 is 0 Å². The molecule has 0 saturated carbocycles. The molecule has 1 fully saturated rings. The van der Waals surface area contributed by atoms with E-state index in [1.54, 1.807) is 12.1 Å². The Bertz CT molecular complexity index is 805. The normalized spacial score (nSPS) is 23.0. The van der Waals surface area contributed by atoms with Crippen molar-refractivity contribution in [2.24, 2.45) is 5.92 Å². The van der Waals surface area contributed by atoms with Crippen LogP contribution in [0.1, 0.15) is 75.3 Å². The minimum Gasteiger partial charge on any atom is -0.494 e. The fourth-order valence-electron chi connectivity index (χ4n) is 4.25. The SMILES string of the molecule is CC.COc1ccc([C@@H]2Nc3ccc(C(C)C)cc3C3OCCCC32)cc1F. The maximum Gasteiger partial charge on any atom is 0.165 e. The van der Waals surface area contributed by atoms with E-state index in [-0.39, 0.29) is 23.7 Å². The Morgan fingerprint density at radius 2 is 1.93 bits per heavy atom. The molecule has 4 rings (SSSR count). The van der Waals surface area contributed by atoms with Crippen LogP contribution in [0.15, 0.2) is 36.4 Å². The fourth-order valence-corrected chi connectivity index (χ4v) is 4.25. The molecule has 4 heteroatoms. The lowest BCUT2D eigenvalue weighted by atomic mass is 9.77. The number of rotatable bonds is 3. The first kappa shape index (κ1) is 20.7. The van der Waals surface area contributed by atoms with Crippen molar-refractivity contribution in [2.45, 2.75) is 58.6 Å². The number of hydrogen-bond donors (Lipinski definition) is 1. The molecule has 0 radical (unpaired) electrons. The first-order valence-electron chi connectivity index (χ1n) is 10.4. The summed E-state index contributed by atoms with van der Waals surface area (Å²) in [5.41, 5.74) is 4.61. The van der Waals surface area contributed by atoms with E-state index in [0.717, 1.165) is 30.7 Å². The lowest BCUT2D eigenvalue weighted by Gasteiger charge is -2.43. The maximum absolute atomic E-state index is 14.3. The summed E-state index contributed by atoms with van der Waals surface area (Å²) in [6.45, 7) is 9.20. The number of methoxy groups -OCH3 is 1. The van der Waals surface area contributed by atoms with Gasteiger partial charge in [-0.2, -0.15) is 0 Å². The second-order valence-electron chi connectivity index (χ2n) is 7.61. The number of fused-ring (bicyclic) bond motifs is 3. The summed E-state index contributed by atoms with van der Waals surface area (Å²) in [7, 11) is 1.49. The Kier molecular flexibility index (Phi) is 6.61. The molecule has 28 heavy (non-hydrogen) atoms. The zero-order chi connectivity index (χ0) is 20.3. The third-order valence-corrected chi connectivity index (χ3v) is 5.69. The van der Waals surface area contributed by atoms with Crippen molar-refractivity contribution in [3.63, 3.8) is 0 Å².